The number of nitrogens with zero attached hydrogens (tertiary/aromatic N) is 1. The predicted molar refractivity (Wildman–Crippen MR) is 138 cm³/mol. The molecule has 0 aliphatic heterocycles. The highest BCUT2D eigenvalue weighted by Crippen LogP contribution is 2.24. The molecule has 3 N–H and O–H groups in total. The largest absolute Gasteiger partial charge is 0.444 e. The van der Waals surface area contributed by atoms with Crippen molar-refractivity contribution in [2.45, 2.75) is 97.8 Å². The molecule has 0 heterocycles. The number of rotatable bonds is 14. The number of carbonyl (C=O) groups excluding carboxylic acids is 3. The molecule has 2 atom stereocenters. The van der Waals surface area contributed by atoms with Crippen LogP contribution in [0.1, 0.15) is 90.3 Å². The average Bonchev–Trinajstić information content (AvgIpc) is 2.78. The van der Waals surface area contributed by atoms with Crippen LogP contribution < -0.4 is 10.6 Å². The second-order valence-electron chi connectivity index (χ2n) is 9.93. The van der Waals surface area contributed by atoms with E-state index in [1.807, 2.05) is 38.1 Å². The zero-order valence-corrected chi connectivity index (χ0v) is 22.4. The lowest BCUT2D eigenvalue weighted by molar-refractivity contribution is -0.143. The van der Waals surface area contributed by atoms with E-state index in [2.05, 4.69) is 17.6 Å². The van der Waals surface area contributed by atoms with Crippen molar-refractivity contribution < 1.29 is 24.2 Å². The Bertz CT molecular complexity index is 806. The first-order valence-corrected chi connectivity index (χ1v) is 12.8. The number of benzene rings is 1. The Labute approximate surface area is 210 Å². The van der Waals surface area contributed by atoms with Gasteiger partial charge in [-0.3, -0.25) is 9.59 Å². The van der Waals surface area contributed by atoms with Gasteiger partial charge in [-0.15, -0.1) is 0 Å². The third kappa shape index (κ3) is 11.1. The molecule has 0 bridgehead atoms. The van der Waals surface area contributed by atoms with Crippen LogP contribution in [-0.2, 0) is 14.3 Å². The summed E-state index contributed by atoms with van der Waals surface area (Å²) < 4.78 is 5.28. The van der Waals surface area contributed by atoms with Gasteiger partial charge in [0.2, 0.25) is 11.8 Å². The molecular weight excluding hydrogens is 446 g/mol. The molecule has 198 valence electrons. The van der Waals surface area contributed by atoms with Crippen molar-refractivity contribution in [2.75, 3.05) is 19.7 Å². The summed E-state index contributed by atoms with van der Waals surface area (Å²) in [6.45, 7) is 11.5. The molecule has 8 heteroatoms. The van der Waals surface area contributed by atoms with Gasteiger partial charge in [-0.1, -0.05) is 69.4 Å². The summed E-state index contributed by atoms with van der Waals surface area (Å²) in [5.74, 6) is -0.797. The van der Waals surface area contributed by atoms with E-state index in [1.165, 1.54) is 4.90 Å². The highest BCUT2D eigenvalue weighted by atomic mass is 16.6. The quantitative estimate of drug-likeness (QED) is 0.337. The summed E-state index contributed by atoms with van der Waals surface area (Å²) in [4.78, 5) is 40.9. The number of amides is 3. The van der Waals surface area contributed by atoms with E-state index in [0.717, 1.165) is 37.7 Å². The van der Waals surface area contributed by atoms with Gasteiger partial charge in [0, 0.05) is 13.1 Å². The zero-order valence-electron chi connectivity index (χ0n) is 22.4. The van der Waals surface area contributed by atoms with Gasteiger partial charge in [0.25, 0.3) is 0 Å². The number of ether oxygens (including phenoxy) is 1. The van der Waals surface area contributed by atoms with Crippen molar-refractivity contribution in [3.05, 3.63) is 35.4 Å². The number of aliphatic hydroxyl groups excluding tert-OH is 1. The monoisotopic (exact) mass is 491 g/mol. The Morgan fingerprint density at radius 3 is 2.31 bits per heavy atom. The van der Waals surface area contributed by atoms with Crippen LogP contribution in [0.2, 0.25) is 0 Å². The molecule has 0 aliphatic carbocycles. The predicted octanol–water partition coefficient (Wildman–Crippen LogP) is 4.25. The fourth-order valence-electron chi connectivity index (χ4n) is 3.71. The van der Waals surface area contributed by atoms with Crippen LogP contribution in [0.4, 0.5) is 4.79 Å². The Balaban J connectivity index is 3.32. The number of aryl methyl sites for hydroxylation is 1. The molecule has 2 unspecified atom stereocenters. The van der Waals surface area contributed by atoms with Gasteiger partial charge < -0.3 is 25.4 Å². The lowest BCUT2D eigenvalue weighted by atomic mass is 10.00. The van der Waals surface area contributed by atoms with Crippen LogP contribution >= 0.6 is 0 Å². The molecule has 0 radical (unpaired) electrons. The second-order valence-corrected chi connectivity index (χ2v) is 9.93. The molecule has 3 amide bonds. The van der Waals surface area contributed by atoms with Gasteiger partial charge in [0.05, 0.1) is 6.61 Å². The van der Waals surface area contributed by atoms with E-state index < -0.39 is 36.3 Å². The number of unbranched alkanes of at least 4 members (excludes halogenated alkanes) is 4. The van der Waals surface area contributed by atoms with Crippen molar-refractivity contribution in [2.24, 2.45) is 0 Å². The van der Waals surface area contributed by atoms with Crippen LogP contribution in [0.25, 0.3) is 0 Å². The first kappa shape index (κ1) is 30.4. The second kappa shape index (κ2) is 15.4. The standard InChI is InChI=1S/C27H45N3O5/c1-7-9-11-12-17-30(25(33)22(19-31)29-26(34)35-27(4,5)6)23(24(32)28-16-10-8-2)21-15-13-14-20(3)18-21/h13-15,18,22-23,31H,7-12,16-17,19H2,1-6H3,(H,28,32)(H,29,34). The minimum Gasteiger partial charge on any atom is -0.444 e. The van der Waals surface area contributed by atoms with Gasteiger partial charge >= 0.3 is 6.09 Å². The third-order valence-corrected chi connectivity index (χ3v) is 5.45. The molecule has 0 aliphatic rings. The van der Waals surface area contributed by atoms with E-state index in [1.54, 1.807) is 20.8 Å². The van der Waals surface area contributed by atoms with Crippen molar-refractivity contribution in [1.82, 2.24) is 15.5 Å². The van der Waals surface area contributed by atoms with Crippen LogP contribution in [-0.4, -0.2) is 59.3 Å². The van der Waals surface area contributed by atoms with Gasteiger partial charge in [-0.25, -0.2) is 4.79 Å². The van der Waals surface area contributed by atoms with Crippen LogP contribution in [0.5, 0.6) is 0 Å². The lowest BCUT2D eigenvalue weighted by Gasteiger charge is -2.34. The van der Waals surface area contributed by atoms with E-state index in [0.29, 0.717) is 25.1 Å². The summed E-state index contributed by atoms with van der Waals surface area (Å²) in [5.41, 5.74) is 0.908. The zero-order chi connectivity index (χ0) is 26.4. The fraction of sp³-hybridized carbons (Fsp3) is 0.667. The third-order valence-electron chi connectivity index (χ3n) is 5.45. The molecule has 35 heavy (non-hydrogen) atoms. The van der Waals surface area contributed by atoms with Crippen molar-refractivity contribution in [3.8, 4) is 0 Å². The first-order valence-electron chi connectivity index (χ1n) is 12.8. The molecule has 0 spiro atoms. The smallest absolute Gasteiger partial charge is 0.408 e. The minimum absolute atomic E-state index is 0.276. The summed E-state index contributed by atoms with van der Waals surface area (Å²) in [6, 6.07) is 5.41. The highest BCUT2D eigenvalue weighted by molar-refractivity contribution is 5.92. The van der Waals surface area contributed by atoms with Gasteiger partial charge in [0.1, 0.15) is 17.7 Å². The molecule has 8 nitrogen and oxygen atoms in total. The van der Waals surface area contributed by atoms with E-state index >= 15 is 0 Å². The minimum atomic E-state index is -1.23. The van der Waals surface area contributed by atoms with Crippen LogP contribution in [0, 0.1) is 6.92 Å². The topological polar surface area (TPSA) is 108 Å². The number of carbonyl (C=O) groups is 3. The molecule has 1 aromatic rings. The maximum Gasteiger partial charge on any atom is 0.408 e. The summed E-state index contributed by atoms with van der Waals surface area (Å²) >= 11 is 0. The van der Waals surface area contributed by atoms with Crippen molar-refractivity contribution >= 4 is 17.9 Å². The molecule has 0 saturated carbocycles. The van der Waals surface area contributed by atoms with Crippen LogP contribution in [0.15, 0.2) is 24.3 Å². The Morgan fingerprint density at radius 2 is 1.74 bits per heavy atom. The van der Waals surface area contributed by atoms with Crippen molar-refractivity contribution in [3.63, 3.8) is 0 Å². The number of hydrogen-bond donors (Lipinski definition) is 3. The number of alkyl carbamates (subject to hydrolysis) is 1. The van der Waals surface area contributed by atoms with Crippen molar-refractivity contribution in [1.29, 1.82) is 0 Å². The molecule has 0 saturated heterocycles. The fourth-order valence-corrected chi connectivity index (χ4v) is 3.71. The maximum absolute atomic E-state index is 13.7. The summed E-state index contributed by atoms with van der Waals surface area (Å²) in [6.07, 6.45) is 4.62. The average molecular weight is 492 g/mol. The van der Waals surface area contributed by atoms with Gasteiger partial charge in [0.15, 0.2) is 0 Å². The maximum atomic E-state index is 13.7. The Hall–Kier alpha value is -2.61. The molecule has 0 aromatic heterocycles. The normalized spacial score (nSPS) is 13.0. The highest BCUT2D eigenvalue weighted by Gasteiger charge is 2.35. The Kier molecular flexibility index (Phi) is 13.4. The summed E-state index contributed by atoms with van der Waals surface area (Å²) in [5, 5.41) is 15.4. The molecule has 1 rings (SSSR count). The van der Waals surface area contributed by atoms with Gasteiger partial charge in [-0.2, -0.15) is 0 Å². The molecule has 0 fully saturated rings. The van der Waals surface area contributed by atoms with Crippen LogP contribution in [0.3, 0.4) is 0 Å². The van der Waals surface area contributed by atoms with Gasteiger partial charge in [-0.05, 0) is 46.1 Å². The number of nitrogens with one attached hydrogen (secondary N) is 2. The molecular formula is C27H45N3O5. The SMILES string of the molecule is CCCCCCN(C(=O)C(CO)NC(=O)OC(C)(C)C)C(C(=O)NCCCC)c1cccc(C)c1. The van der Waals surface area contributed by atoms with E-state index in [4.69, 9.17) is 4.74 Å². The number of aliphatic hydroxyl groups is 1. The van der Waals surface area contributed by atoms with E-state index in [-0.39, 0.29) is 5.91 Å². The summed E-state index contributed by atoms with van der Waals surface area (Å²) in [7, 11) is 0. The first-order chi connectivity index (χ1) is 16.5. The van der Waals surface area contributed by atoms with E-state index in [9.17, 15) is 19.5 Å². The number of hydrogen-bond acceptors (Lipinski definition) is 5. The lowest BCUT2D eigenvalue weighted by Crippen LogP contribution is -2.54. The molecule has 1 aromatic carbocycles. The Morgan fingerprint density at radius 1 is 1.06 bits per heavy atom.